The average Bonchev–Trinajstić information content (AvgIpc) is 2.67. The first-order valence-electron chi connectivity index (χ1n) is 5.76. The molecule has 0 unspecified atom stereocenters. The van der Waals surface area contributed by atoms with Crippen molar-refractivity contribution in [2.45, 2.75) is 13.3 Å². The molecule has 1 saturated heterocycles. The summed E-state index contributed by atoms with van der Waals surface area (Å²) in [5, 5.41) is 5.67. The van der Waals surface area contributed by atoms with Crippen LogP contribution in [-0.2, 0) is 4.79 Å². The number of amides is 1. The number of carbonyl (C=O) groups is 1. The van der Waals surface area contributed by atoms with Crippen molar-refractivity contribution in [3.63, 3.8) is 0 Å². The van der Waals surface area contributed by atoms with Gasteiger partial charge in [-0.25, -0.2) is 0 Å². The van der Waals surface area contributed by atoms with Crippen molar-refractivity contribution in [3.8, 4) is 5.75 Å². The Morgan fingerprint density at radius 3 is 2.78 bits per heavy atom. The fourth-order valence-electron chi connectivity index (χ4n) is 1.58. The van der Waals surface area contributed by atoms with E-state index >= 15 is 0 Å². The van der Waals surface area contributed by atoms with Crippen molar-refractivity contribution in [1.29, 1.82) is 0 Å². The summed E-state index contributed by atoms with van der Waals surface area (Å²) in [5.74, 6) is 0.546. The molecule has 0 bridgehead atoms. The lowest BCUT2D eigenvalue weighted by molar-refractivity contribution is -0.115. The third-order valence-corrected chi connectivity index (χ3v) is 2.60. The van der Waals surface area contributed by atoms with Gasteiger partial charge in [-0.05, 0) is 30.8 Å². The summed E-state index contributed by atoms with van der Waals surface area (Å²) in [6.07, 6.45) is 2.67. The van der Waals surface area contributed by atoms with Crippen LogP contribution in [-0.4, -0.2) is 17.6 Å². The van der Waals surface area contributed by atoms with Gasteiger partial charge >= 0.3 is 0 Å². The Labute approximate surface area is 111 Å². The molecule has 5 heteroatoms. The first kappa shape index (κ1) is 12.6. The molecule has 1 aromatic rings. The molecule has 2 rings (SSSR count). The Morgan fingerprint density at radius 1 is 1.33 bits per heavy atom. The van der Waals surface area contributed by atoms with Gasteiger partial charge in [-0.3, -0.25) is 10.1 Å². The van der Waals surface area contributed by atoms with Crippen LogP contribution in [0.4, 0.5) is 0 Å². The number of hydrogen-bond donors (Lipinski definition) is 2. The number of ether oxygens (including phenoxy) is 1. The SMILES string of the molecule is CCCOc1ccccc1C=C1NC(=S)NC1=O. The molecule has 0 aliphatic carbocycles. The molecule has 1 aliphatic rings. The molecule has 2 N–H and O–H groups in total. The number of thiocarbonyl (C=S) groups is 1. The summed E-state index contributed by atoms with van der Waals surface area (Å²) in [6, 6.07) is 7.58. The fourth-order valence-corrected chi connectivity index (χ4v) is 1.78. The lowest BCUT2D eigenvalue weighted by Crippen LogP contribution is -2.21. The quantitative estimate of drug-likeness (QED) is 0.642. The summed E-state index contributed by atoms with van der Waals surface area (Å²) in [7, 11) is 0. The molecule has 0 saturated carbocycles. The van der Waals surface area contributed by atoms with E-state index in [0.717, 1.165) is 17.7 Å². The second-order valence-electron chi connectivity index (χ2n) is 3.85. The summed E-state index contributed by atoms with van der Waals surface area (Å²) in [4.78, 5) is 11.5. The van der Waals surface area contributed by atoms with E-state index in [0.29, 0.717) is 17.4 Å². The molecular formula is C13H14N2O2S. The normalized spacial score (nSPS) is 16.6. The Balaban J connectivity index is 2.25. The van der Waals surface area contributed by atoms with Gasteiger partial charge in [0.2, 0.25) is 0 Å². The van der Waals surface area contributed by atoms with E-state index in [9.17, 15) is 4.79 Å². The lowest BCUT2D eigenvalue weighted by Gasteiger charge is -2.08. The van der Waals surface area contributed by atoms with Gasteiger partial charge in [0.25, 0.3) is 5.91 Å². The standard InChI is InChI=1S/C13H14N2O2S/c1-2-7-17-11-6-4-3-5-9(11)8-10-12(16)15-13(18)14-10/h3-6,8H,2,7H2,1H3,(H2,14,15,16,18). The molecular weight excluding hydrogens is 248 g/mol. The van der Waals surface area contributed by atoms with E-state index in [-0.39, 0.29) is 5.91 Å². The van der Waals surface area contributed by atoms with Crippen LogP contribution in [0.5, 0.6) is 5.75 Å². The predicted molar refractivity (Wildman–Crippen MR) is 74.1 cm³/mol. The molecule has 18 heavy (non-hydrogen) atoms. The molecule has 1 aliphatic heterocycles. The smallest absolute Gasteiger partial charge is 0.273 e. The summed E-state index contributed by atoms with van der Waals surface area (Å²) in [5.41, 5.74) is 1.29. The predicted octanol–water partition coefficient (Wildman–Crippen LogP) is 1.82. The highest BCUT2D eigenvalue weighted by molar-refractivity contribution is 7.80. The number of para-hydroxylation sites is 1. The zero-order chi connectivity index (χ0) is 13.0. The van der Waals surface area contributed by atoms with Crippen molar-refractivity contribution in [2.24, 2.45) is 0 Å². The third kappa shape index (κ3) is 2.87. The number of benzene rings is 1. The largest absolute Gasteiger partial charge is 0.493 e. The van der Waals surface area contributed by atoms with E-state index in [2.05, 4.69) is 10.6 Å². The Hall–Kier alpha value is -1.88. The van der Waals surface area contributed by atoms with Gasteiger partial charge in [-0.2, -0.15) is 0 Å². The van der Waals surface area contributed by atoms with E-state index in [1.165, 1.54) is 0 Å². The minimum absolute atomic E-state index is 0.217. The molecule has 4 nitrogen and oxygen atoms in total. The van der Waals surface area contributed by atoms with E-state index in [1.54, 1.807) is 6.08 Å². The van der Waals surface area contributed by atoms with Crippen LogP contribution in [0.1, 0.15) is 18.9 Å². The van der Waals surface area contributed by atoms with Crippen molar-refractivity contribution < 1.29 is 9.53 Å². The highest BCUT2D eigenvalue weighted by atomic mass is 32.1. The van der Waals surface area contributed by atoms with Gasteiger partial charge in [0, 0.05) is 5.56 Å². The third-order valence-electron chi connectivity index (χ3n) is 2.40. The van der Waals surface area contributed by atoms with Crippen molar-refractivity contribution >= 4 is 29.3 Å². The Kier molecular flexibility index (Phi) is 3.94. The van der Waals surface area contributed by atoms with Gasteiger partial charge in [0.05, 0.1) is 6.61 Å². The van der Waals surface area contributed by atoms with Crippen LogP contribution in [0, 0.1) is 0 Å². The molecule has 1 heterocycles. The number of hydrogen-bond acceptors (Lipinski definition) is 3. The highest BCUT2D eigenvalue weighted by Gasteiger charge is 2.20. The zero-order valence-electron chi connectivity index (χ0n) is 10.0. The highest BCUT2D eigenvalue weighted by Crippen LogP contribution is 2.21. The number of rotatable bonds is 4. The average molecular weight is 262 g/mol. The fraction of sp³-hybridized carbons (Fsp3) is 0.231. The molecule has 0 atom stereocenters. The second-order valence-corrected chi connectivity index (χ2v) is 4.26. The van der Waals surface area contributed by atoms with Crippen LogP contribution < -0.4 is 15.4 Å². The monoisotopic (exact) mass is 262 g/mol. The molecule has 0 spiro atoms. The Morgan fingerprint density at radius 2 is 2.11 bits per heavy atom. The first-order valence-corrected chi connectivity index (χ1v) is 6.17. The molecule has 0 aromatic heterocycles. The van der Waals surface area contributed by atoms with Gasteiger partial charge < -0.3 is 10.1 Å². The van der Waals surface area contributed by atoms with Crippen molar-refractivity contribution in [2.75, 3.05) is 6.61 Å². The van der Waals surface area contributed by atoms with Crippen LogP contribution in [0.2, 0.25) is 0 Å². The second kappa shape index (κ2) is 5.64. The van der Waals surface area contributed by atoms with Crippen molar-refractivity contribution in [3.05, 3.63) is 35.5 Å². The molecule has 1 amide bonds. The number of carbonyl (C=O) groups excluding carboxylic acids is 1. The van der Waals surface area contributed by atoms with Gasteiger partial charge in [-0.15, -0.1) is 0 Å². The van der Waals surface area contributed by atoms with Crippen LogP contribution in [0.25, 0.3) is 6.08 Å². The maximum absolute atomic E-state index is 11.5. The van der Waals surface area contributed by atoms with Crippen LogP contribution >= 0.6 is 12.2 Å². The maximum atomic E-state index is 11.5. The first-order chi connectivity index (χ1) is 8.70. The molecule has 94 valence electrons. The Bertz CT molecular complexity index is 511. The lowest BCUT2D eigenvalue weighted by atomic mass is 10.1. The molecule has 0 radical (unpaired) electrons. The minimum atomic E-state index is -0.217. The summed E-state index contributed by atoms with van der Waals surface area (Å²) in [6.45, 7) is 2.70. The molecule has 1 fully saturated rings. The van der Waals surface area contributed by atoms with Gasteiger partial charge in [-0.1, -0.05) is 25.1 Å². The van der Waals surface area contributed by atoms with Crippen molar-refractivity contribution in [1.82, 2.24) is 10.6 Å². The topological polar surface area (TPSA) is 50.4 Å². The van der Waals surface area contributed by atoms with Crippen LogP contribution in [0.15, 0.2) is 30.0 Å². The zero-order valence-corrected chi connectivity index (χ0v) is 10.8. The van der Waals surface area contributed by atoms with Gasteiger partial charge in [0.1, 0.15) is 11.4 Å². The summed E-state index contributed by atoms with van der Waals surface area (Å²) < 4.78 is 5.62. The summed E-state index contributed by atoms with van der Waals surface area (Å²) >= 11 is 4.88. The number of nitrogens with one attached hydrogen (secondary N) is 2. The van der Waals surface area contributed by atoms with Crippen LogP contribution in [0.3, 0.4) is 0 Å². The van der Waals surface area contributed by atoms with E-state index in [1.807, 2.05) is 31.2 Å². The van der Waals surface area contributed by atoms with E-state index < -0.39 is 0 Å². The maximum Gasteiger partial charge on any atom is 0.273 e. The van der Waals surface area contributed by atoms with E-state index in [4.69, 9.17) is 17.0 Å². The molecule has 1 aromatic carbocycles. The van der Waals surface area contributed by atoms with Gasteiger partial charge in [0.15, 0.2) is 5.11 Å². The minimum Gasteiger partial charge on any atom is -0.493 e.